The van der Waals surface area contributed by atoms with E-state index < -0.39 is 0 Å². The van der Waals surface area contributed by atoms with Crippen LogP contribution in [0.15, 0.2) is 11.1 Å². The molecule has 14 heavy (non-hydrogen) atoms. The van der Waals surface area contributed by atoms with Crippen molar-refractivity contribution in [1.82, 2.24) is 14.7 Å². The van der Waals surface area contributed by atoms with Gasteiger partial charge in [0.1, 0.15) is 16.1 Å². The minimum atomic E-state index is -0.0338. The van der Waals surface area contributed by atoms with Crippen LogP contribution >= 0.6 is 11.8 Å². The number of carbonyl (C=O) groups is 1. The van der Waals surface area contributed by atoms with E-state index >= 15 is 0 Å². The molecule has 0 unspecified atom stereocenters. The molecule has 0 aliphatic carbocycles. The van der Waals surface area contributed by atoms with E-state index in [1.54, 1.807) is 22.7 Å². The second kappa shape index (κ2) is 3.35. The van der Waals surface area contributed by atoms with Gasteiger partial charge in [-0.15, -0.1) is 0 Å². The van der Waals surface area contributed by atoms with Gasteiger partial charge in [-0.1, -0.05) is 0 Å². The van der Waals surface area contributed by atoms with Gasteiger partial charge in [0, 0.05) is 31.4 Å². The molecule has 0 fully saturated rings. The molecule has 0 saturated carbocycles. The average molecular weight is 208 g/mol. The number of amides is 1. The van der Waals surface area contributed by atoms with Crippen LogP contribution in [0.3, 0.4) is 0 Å². The Kier molecular flexibility index (Phi) is 2.17. The van der Waals surface area contributed by atoms with Gasteiger partial charge in [0.25, 0.3) is 5.91 Å². The van der Waals surface area contributed by atoms with E-state index in [9.17, 15) is 4.79 Å². The third kappa shape index (κ3) is 1.36. The van der Waals surface area contributed by atoms with E-state index in [4.69, 9.17) is 5.26 Å². The summed E-state index contributed by atoms with van der Waals surface area (Å²) in [7, 11) is 1.76. The number of fused-ring (bicyclic) bond motifs is 1. The number of thioether (sulfide) groups is 1. The fourth-order valence-electron chi connectivity index (χ4n) is 1.37. The molecule has 0 spiro atoms. The summed E-state index contributed by atoms with van der Waals surface area (Å²) in [6, 6.07) is 1.66. The first-order chi connectivity index (χ1) is 6.72. The zero-order valence-corrected chi connectivity index (χ0v) is 8.41. The van der Waals surface area contributed by atoms with E-state index in [1.165, 1.54) is 0 Å². The number of nitriles is 1. The lowest BCUT2D eigenvalue weighted by Crippen LogP contribution is -2.37. The molecule has 0 bridgehead atoms. The zero-order chi connectivity index (χ0) is 10.1. The van der Waals surface area contributed by atoms with Crippen LogP contribution in [-0.2, 0) is 6.54 Å². The van der Waals surface area contributed by atoms with Crippen molar-refractivity contribution in [3.05, 3.63) is 11.8 Å². The predicted octanol–water partition coefficient (Wildman–Crippen LogP) is 0.542. The van der Waals surface area contributed by atoms with Crippen molar-refractivity contribution in [1.29, 1.82) is 5.26 Å². The van der Waals surface area contributed by atoms with E-state index in [0.29, 0.717) is 23.8 Å². The predicted molar refractivity (Wildman–Crippen MR) is 50.7 cm³/mol. The van der Waals surface area contributed by atoms with Crippen LogP contribution in [0.1, 0.15) is 10.5 Å². The normalized spacial score (nSPS) is 15.1. The number of rotatable bonds is 1. The zero-order valence-electron chi connectivity index (χ0n) is 7.60. The monoisotopic (exact) mass is 208 g/mol. The van der Waals surface area contributed by atoms with E-state index in [1.807, 2.05) is 5.40 Å². The average Bonchev–Trinajstić information content (AvgIpc) is 2.56. The van der Waals surface area contributed by atoms with Crippen molar-refractivity contribution >= 4 is 17.7 Å². The molecule has 0 atom stereocenters. The Hall–Kier alpha value is -1.48. The number of hydrogen-bond acceptors (Lipinski definition) is 4. The third-order valence-electron chi connectivity index (χ3n) is 2.12. The molecule has 0 N–H and O–H groups in total. The molecule has 1 aliphatic heterocycles. The molecule has 0 aromatic carbocycles. The largest absolute Gasteiger partial charge is 0.339 e. The molecule has 1 aromatic heterocycles. The van der Waals surface area contributed by atoms with Gasteiger partial charge >= 0.3 is 0 Å². The maximum atomic E-state index is 11.6. The van der Waals surface area contributed by atoms with Crippen LogP contribution in [0.4, 0.5) is 0 Å². The van der Waals surface area contributed by atoms with Crippen molar-refractivity contribution in [3.63, 3.8) is 0 Å². The minimum Gasteiger partial charge on any atom is -0.339 e. The number of thiocyanates is 1. The van der Waals surface area contributed by atoms with E-state index in [2.05, 4.69) is 5.10 Å². The van der Waals surface area contributed by atoms with Crippen molar-refractivity contribution < 1.29 is 4.79 Å². The number of aromatic nitrogens is 2. The topological polar surface area (TPSA) is 61.9 Å². The highest BCUT2D eigenvalue weighted by Gasteiger charge is 2.23. The van der Waals surface area contributed by atoms with Crippen LogP contribution < -0.4 is 0 Å². The molecule has 2 heterocycles. The summed E-state index contributed by atoms with van der Waals surface area (Å²) in [6.45, 7) is 1.37. The molecule has 0 saturated heterocycles. The molecular formula is C8H8N4OS. The lowest BCUT2D eigenvalue weighted by atomic mass is 10.3. The first-order valence-corrected chi connectivity index (χ1v) is 4.93. The highest BCUT2D eigenvalue weighted by molar-refractivity contribution is 8.03. The highest BCUT2D eigenvalue weighted by Crippen LogP contribution is 2.19. The van der Waals surface area contributed by atoms with Crippen LogP contribution in [0, 0.1) is 10.7 Å². The van der Waals surface area contributed by atoms with Crippen LogP contribution in [0.5, 0.6) is 0 Å². The van der Waals surface area contributed by atoms with Gasteiger partial charge < -0.3 is 4.90 Å². The summed E-state index contributed by atoms with van der Waals surface area (Å²) in [5.74, 6) is -0.0338. The summed E-state index contributed by atoms with van der Waals surface area (Å²) in [4.78, 5) is 13.3. The molecule has 1 aliphatic rings. The second-order valence-corrected chi connectivity index (χ2v) is 3.82. The smallest absolute Gasteiger partial charge is 0.271 e. The molecular weight excluding hydrogens is 200 g/mol. The Bertz CT molecular complexity index is 419. The number of hydrogen-bond donors (Lipinski definition) is 0. The summed E-state index contributed by atoms with van der Waals surface area (Å²) in [6.07, 6.45) is 0. The molecule has 6 heteroatoms. The van der Waals surface area contributed by atoms with Crippen molar-refractivity contribution in [3.8, 4) is 5.40 Å². The quantitative estimate of drug-likeness (QED) is 0.499. The summed E-state index contributed by atoms with van der Waals surface area (Å²) >= 11 is 0.975. The van der Waals surface area contributed by atoms with Gasteiger partial charge in [-0.25, -0.2) is 0 Å². The summed E-state index contributed by atoms with van der Waals surface area (Å²) in [5.41, 5.74) is 0.566. The Balaban J connectivity index is 2.37. The highest BCUT2D eigenvalue weighted by atomic mass is 32.2. The number of carbonyl (C=O) groups excluding carboxylic acids is 1. The van der Waals surface area contributed by atoms with Crippen LogP contribution in [0.25, 0.3) is 0 Å². The van der Waals surface area contributed by atoms with Crippen molar-refractivity contribution in [2.75, 3.05) is 13.6 Å². The third-order valence-corrected chi connectivity index (χ3v) is 2.62. The van der Waals surface area contributed by atoms with E-state index in [0.717, 1.165) is 11.8 Å². The molecule has 1 amide bonds. The van der Waals surface area contributed by atoms with Crippen LogP contribution in [0.2, 0.25) is 0 Å². The lowest BCUT2D eigenvalue weighted by molar-refractivity contribution is 0.0742. The maximum Gasteiger partial charge on any atom is 0.271 e. The molecule has 72 valence electrons. The van der Waals surface area contributed by atoms with Gasteiger partial charge in [-0.05, 0) is 0 Å². The summed E-state index contributed by atoms with van der Waals surface area (Å²) in [5, 5.41) is 15.1. The van der Waals surface area contributed by atoms with Gasteiger partial charge in [-0.2, -0.15) is 10.4 Å². The number of likely N-dealkylation sites (N-methyl/N-ethyl adjacent to an activating group) is 1. The Morgan fingerprint density at radius 3 is 3.14 bits per heavy atom. The van der Waals surface area contributed by atoms with Crippen molar-refractivity contribution in [2.24, 2.45) is 0 Å². The molecule has 5 nitrogen and oxygen atoms in total. The standard InChI is InChI=1S/C8H8N4OS/c1-11-2-3-12-6(8(11)13)4-7(10-12)14-5-9/h4H,2-3H2,1H3. The maximum absolute atomic E-state index is 11.6. The first kappa shape index (κ1) is 9.09. The fourth-order valence-corrected chi connectivity index (χ4v) is 1.78. The van der Waals surface area contributed by atoms with Crippen LogP contribution in [-0.4, -0.2) is 34.2 Å². The summed E-state index contributed by atoms with van der Waals surface area (Å²) < 4.78 is 1.65. The molecule has 2 rings (SSSR count). The lowest BCUT2D eigenvalue weighted by Gasteiger charge is -2.22. The first-order valence-electron chi connectivity index (χ1n) is 4.11. The Labute approximate surface area is 85.3 Å². The Morgan fingerprint density at radius 2 is 2.43 bits per heavy atom. The van der Waals surface area contributed by atoms with Gasteiger partial charge in [0.15, 0.2) is 0 Å². The minimum absolute atomic E-state index is 0.0338. The van der Waals surface area contributed by atoms with Gasteiger partial charge in [0.2, 0.25) is 0 Å². The number of nitrogens with zero attached hydrogens (tertiary/aromatic N) is 4. The fraction of sp³-hybridized carbons (Fsp3) is 0.375. The SMILES string of the molecule is CN1CCn2nc(SC#N)cc2C1=O. The van der Waals surface area contributed by atoms with Crippen molar-refractivity contribution in [2.45, 2.75) is 11.6 Å². The molecule has 1 aromatic rings. The van der Waals surface area contributed by atoms with Gasteiger partial charge in [0.05, 0.1) is 6.54 Å². The Morgan fingerprint density at radius 1 is 1.64 bits per heavy atom. The second-order valence-electron chi connectivity index (χ2n) is 3.01. The van der Waals surface area contributed by atoms with E-state index in [-0.39, 0.29) is 5.91 Å². The molecule has 0 radical (unpaired) electrons. The van der Waals surface area contributed by atoms with Gasteiger partial charge in [-0.3, -0.25) is 9.48 Å².